The van der Waals surface area contributed by atoms with Gasteiger partial charge >= 0.3 is 6.36 Å². The average molecular weight is 301 g/mol. The highest BCUT2D eigenvalue weighted by atomic mass is 19.4. The van der Waals surface area contributed by atoms with Gasteiger partial charge in [-0.05, 0) is 36.0 Å². The van der Waals surface area contributed by atoms with Crippen LogP contribution in [-0.4, -0.2) is 6.36 Å². The molecule has 1 fully saturated rings. The molecule has 1 aliphatic rings. The van der Waals surface area contributed by atoms with E-state index in [1.54, 1.807) is 12.1 Å². The van der Waals surface area contributed by atoms with Crippen LogP contribution in [-0.2, 0) is 0 Å². The molecule has 3 unspecified atom stereocenters. The van der Waals surface area contributed by atoms with Crippen LogP contribution < -0.4 is 10.5 Å². The molecule has 0 radical (unpaired) electrons. The minimum absolute atomic E-state index is 0.116. The molecule has 2 rings (SSSR count). The Bertz CT molecular complexity index is 444. The van der Waals surface area contributed by atoms with E-state index in [2.05, 4.69) is 11.7 Å². The van der Waals surface area contributed by atoms with E-state index in [0.717, 1.165) is 18.4 Å². The van der Waals surface area contributed by atoms with Gasteiger partial charge in [-0.25, -0.2) is 0 Å². The van der Waals surface area contributed by atoms with E-state index in [-0.39, 0.29) is 11.8 Å². The van der Waals surface area contributed by atoms with Crippen molar-refractivity contribution in [2.24, 2.45) is 17.6 Å². The van der Waals surface area contributed by atoms with Crippen LogP contribution in [0.5, 0.6) is 5.75 Å². The van der Waals surface area contributed by atoms with Gasteiger partial charge in [0, 0.05) is 6.04 Å². The summed E-state index contributed by atoms with van der Waals surface area (Å²) in [6, 6.07) is 5.86. The highest BCUT2D eigenvalue weighted by Gasteiger charge is 2.32. The standard InChI is InChI=1S/C16H22F3NO/c1-2-11-5-3-4-6-14(11)15(20)12-7-9-13(10-8-12)21-16(17,18)19/h7-11,14-15H,2-6,20H2,1H3. The second-order valence-electron chi connectivity index (χ2n) is 5.76. The highest BCUT2D eigenvalue weighted by Crippen LogP contribution is 2.39. The molecule has 0 aromatic heterocycles. The van der Waals surface area contributed by atoms with E-state index in [9.17, 15) is 13.2 Å². The maximum Gasteiger partial charge on any atom is 0.573 e. The van der Waals surface area contributed by atoms with Crippen molar-refractivity contribution in [3.63, 3.8) is 0 Å². The molecule has 118 valence electrons. The molecule has 1 aromatic rings. The molecule has 3 atom stereocenters. The van der Waals surface area contributed by atoms with Gasteiger partial charge in [-0.3, -0.25) is 0 Å². The van der Waals surface area contributed by atoms with Crippen molar-refractivity contribution in [3.8, 4) is 5.75 Å². The summed E-state index contributed by atoms with van der Waals surface area (Å²) in [5.74, 6) is 0.826. The number of halogens is 3. The number of benzene rings is 1. The van der Waals surface area contributed by atoms with Crippen molar-refractivity contribution >= 4 is 0 Å². The van der Waals surface area contributed by atoms with E-state index in [0.29, 0.717) is 11.8 Å². The first-order valence-electron chi connectivity index (χ1n) is 7.52. The first-order valence-corrected chi connectivity index (χ1v) is 7.52. The van der Waals surface area contributed by atoms with Gasteiger partial charge in [0.1, 0.15) is 5.75 Å². The van der Waals surface area contributed by atoms with Crippen LogP contribution in [0.2, 0.25) is 0 Å². The zero-order chi connectivity index (χ0) is 15.5. The van der Waals surface area contributed by atoms with Crippen molar-refractivity contribution in [1.82, 2.24) is 0 Å². The molecule has 0 aliphatic heterocycles. The Hall–Kier alpha value is -1.23. The summed E-state index contributed by atoms with van der Waals surface area (Å²) < 4.78 is 40.3. The van der Waals surface area contributed by atoms with Crippen LogP contribution in [0.15, 0.2) is 24.3 Å². The van der Waals surface area contributed by atoms with Crippen molar-refractivity contribution in [1.29, 1.82) is 0 Å². The molecule has 0 amide bonds. The summed E-state index contributed by atoms with van der Waals surface area (Å²) in [6.45, 7) is 2.18. The minimum atomic E-state index is -4.65. The summed E-state index contributed by atoms with van der Waals surface area (Å²) >= 11 is 0. The molecule has 5 heteroatoms. The number of nitrogens with two attached hydrogens (primary N) is 1. The largest absolute Gasteiger partial charge is 0.573 e. The predicted molar refractivity (Wildman–Crippen MR) is 75.8 cm³/mol. The fourth-order valence-corrected chi connectivity index (χ4v) is 3.35. The number of hydrogen-bond acceptors (Lipinski definition) is 2. The Kier molecular flexibility index (Phi) is 5.14. The molecule has 0 bridgehead atoms. The van der Waals surface area contributed by atoms with Gasteiger partial charge in [0.05, 0.1) is 0 Å². The van der Waals surface area contributed by atoms with Gasteiger partial charge in [-0.15, -0.1) is 13.2 Å². The van der Waals surface area contributed by atoms with E-state index in [1.165, 1.54) is 31.4 Å². The fraction of sp³-hybridized carbons (Fsp3) is 0.625. The Morgan fingerprint density at radius 2 is 1.81 bits per heavy atom. The average Bonchev–Trinajstić information content (AvgIpc) is 2.45. The molecule has 1 saturated carbocycles. The summed E-state index contributed by atoms with van der Waals surface area (Å²) in [4.78, 5) is 0. The summed E-state index contributed by atoms with van der Waals surface area (Å²) in [5, 5.41) is 0. The van der Waals surface area contributed by atoms with Crippen LogP contribution in [0.4, 0.5) is 13.2 Å². The first kappa shape index (κ1) is 16.1. The predicted octanol–water partition coefficient (Wildman–Crippen LogP) is 4.80. The highest BCUT2D eigenvalue weighted by molar-refractivity contribution is 5.29. The van der Waals surface area contributed by atoms with Crippen molar-refractivity contribution in [2.45, 2.75) is 51.4 Å². The normalized spacial score (nSPS) is 24.6. The van der Waals surface area contributed by atoms with Crippen LogP contribution in [0.25, 0.3) is 0 Å². The molecular weight excluding hydrogens is 279 g/mol. The van der Waals surface area contributed by atoms with Crippen LogP contribution in [0, 0.1) is 11.8 Å². The lowest BCUT2D eigenvalue weighted by atomic mass is 9.73. The van der Waals surface area contributed by atoms with E-state index >= 15 is 0 Å². The third-order valence-corrected chi connectivity index (χ3v) is 4.45. The summed E-state index contributed by atoms with van der Waals surface area (Å²) in [5.41, 5.74) is 7.23. The molecule has 0 heterocycles. The van der Waals surface area contributed by atoms with Crippen molar-refractivity contribution in [3.05, 3.63) is 29.8 Å². The number of alkyl halides is 3. The topological polar surface area (TPSA) is 35.2 Å². The molecule has 1 aromatic carbocycles. The Labute approximate surface area is 123 Å². The SMILES string of the molecule is CCC1CCCCC1C(N)c1ccc(OC(F)(F)F)cc1. The van der Waals surface area contributed by atoms with Crippen LogP contribution in [0.1, 0.15) is 50.6 Å². The van der Waals surface area contributed by atoms with Gasteiger partial charge in [-0.1, -0.05) is 44.7 Å². The van der Waals surface area contributed by atoms with Crippen molar-refractivity contribution in [2.75, 3.05) is 0 Å². The number of hydrogen-bond donors (Lipinski definition) is 1. The number of rotatable bonds is 4. The lowest BCUT2D eigenvalue weighted by Crippen LogP contribution is -2.30. The van der Waals surface area contributed by atoms with Gasteiger partial charge < -0.3 is 10.5 Å². The Morgan fingerprint density at radius 1 is 1.19 bits per heavy atom. The second kappa shape index (κ2) is 6.69. The molecule has 2 N–H and O–H groups in total. The van der Waals surface area contributed by atoms with Gasteiger partial charge in [0.15, 0.2) is 0 Å². The molecule has 2 nitrogen and oxygen atoms in total. The molecule has 1 aliphatic carbocycles. The van der Waals surface area contributed by atoms with Crippen LogP contribution >= 0.6 is 0 Å². The first-order chi connectivity index (χ1) is 9.90. The maximum atomic E-state index is 12.1. The Balaban J connectivity index is 2.06. The zero-order valence-corrected chi connectivity index (χ0v) is 12.2. The fourth-order valence-electron chi connectivity index (χ4n) is 3.35. The minimum Gasteiger partial charge on any atom is -0.406 e. The van der Waals surface area contributed by atoms with Gasteiger partial charge in [-0.2, -0.15) is 0 Å². The van der Waals surface area contributed by atoms with Crippen LogP contribution in [0.3, 0.4) is 0 Å². The van der Waals surface area contributed by atoms with E-state index in [1.807, 2.05) is 0 Å². The third kappa shape index (κ3) is 4.37. The lowest BCUT2D eigenvalue weighted by Gasteiger charge is -2.35. The molecule has 21 heavy (non-hydrogen) atoms. The molecule has 0 spiro atoms. The molecular formula is C16H22F3NO. The monoisotopic (exact) mass is 301 g/mol. The van der Waals surface area contributed by atoms with Gasteiger partial charge in [0.2, 0.25) is 0 Å². The Morgan fingerprint density at radius 3 is 2.38 bits per heavy atom. The van der Waals surface area contributed by atoms with Gasteiger partial charge in [0.25, 0.3) is 0 Å². The number of ether oxygens (including phenoxy) is 1. The summed E-state index contributed by atoms with van der Waals surface area (Å²) in [6.07, 6.45) is 1.18. The lowest BCUT2D eigenvalue weighted by molar-refractivity contribution is -0.274. The smallest absolute Gasteiger partial charge is 0.406 e. The quantitative estimate of drug-likeness (QED) is 0.867. The van der Waals surface area contributed by atoms with E-state index < -0.39 is 6.36 Å². The van der Waals surface area contributed by atoms with Crippen molar-refractivity contribution < 1.29 is 17.9 Å². The molecule has 0 saturated heterocycles. The zero-order valence-electron chi connectivity index (χ0n) is 12.2. The van der Waals surface area contributed by atoms with E-state index in [4.69, 9.17) is 5.73 Å². The third-order valence-electron chi connectivity index (χ3n) is 4.45. The second-order valence-corrected chi connectivity index (χ2v) is 5.76. The summed E-state index contributed by atoms with van der Waals surface area (Å²) in [7, 11) is 0. The maximum absolute atomic E-state index is 12.1.